The topological polar surface area (TPSA) is 158 Å². The molecule has 12 nitrogen and oxygen atoms in total. The van der Waals surface area contributed by atoms with Gasteiger partial charge in [-0.1, -0.05) is 36.4 Å². The van der Waals surface area contributed by atoms with E-state index in [4.69, 9.17) is 23.7 Å². The molecule has 6 rings (SSSR count). The first-order valence-corrected chi connectivity index (χ1v) is 14.4. The second-order valence-electron chi connectivity index (χ2n) is 11.6. The van der Waals surface area contributed by atoms with Crippen molar-refractivity contribution in [1.82, 2.24) is 4.90 Å². The van der Waals surface area contributed by atoms with Gasteiger partial charge >= 0.3 is 23.9 Å². The van der Waals surface area contributed by atoms with Crippen LogP contribution in [0.1, 0.15) is 49.0 Å². The Morgan fingerprint density at radius 3 is 2.55 bits per heavy atom. The predicted octanol–water partition coefficient (Wildman–Crippen LogP) is 2.21. The number of piperidine rings is 1. The molecule has 2 N–H and O–H groups in total. The van der Waals surface area contributed by atoms with Crippen LogP contribution in [-0.2, 0) is 45.2 Å². The Morgan fingerprint density at radius 1 is 1.11 bits per heavy atom. The summed E-state index contributed by atoms with van der Waals surface area (Å²) in [5.41, 5.74) is -0.0461. The summed E-state index contributed by atoms with van der Waals surface area (Å²) < 4.78 is 28.1. The van der Waals surface area contributed by atoms with Crippen LogP contribution in [0.15, 0.2) is 54.3 Å². The van der Waals surface area contributed by atoms with E-state index in [9.17, 15) is 29.4 Å². The number of hydrogen-bond donors (Lipinski definition) is 2. The molecular weight excluding hydrogens is 574 g/mol. The van der Waals surface area contributed by atoms with Crippen LogP contribution in [0.5, 0.6) is 11.5 Å². The molecule has 2 aliphatic heterocycles. The number of ether oxygens (including phenoxy) is 5. The van der Waals surface area contributed by atoms with Gasteiger partial charge in [-0.05, 0) is 44.1 Å². The van der Waals surface area contributed by atoms with Gasteiger partial charge in [-0.15, -0.1) is 0 Å². The minimum Gasteiger partial charge on any atom is -0.493 e. The van der Waals surface area contributed by atoms with E-state index < -0.39 is 59.6 Å². The number of aliphatic hydroxyl groups is 1. The van der Waals surface area contributed by atoms with E-state index in [1.54, 1.807) is 24.3 Å². The van der Waals surface area contributed by atoms with Crippen LogP contribution in [-0.4, -0.2) is 83.5 Å². The average Bonchev–Trinajstić information content (AvgIpc) is 3.35. The molecule has 2 aromatic carbocycles. The lowest BCUT2D eigenvalue weighted by Crippen LogP contribution is -2.74. The zero-order valence-corrected chi connectivity index (χ0v) is 24.5. The van der Waals surface area contributed by atoms with Crippen LogP contribution in [0, 0.1) is 0 Å². The second-order valence-corrected chi connectivity index (χ2v) is 11.6. The van der Waals surface area contributed by atoms with Gasteiger partial charge in [-0.2, -0.15) is 0 Å². The van der Waals surface area contributed by atoms with Crippen molar-refractivity contribution in [3.63, 3.8) is 0 Å². The molecule has 0 radical (unpaired) electrons. The fourth-order valence-electron chi connectivity index (χ4n) is 7.37. The number of benzene rings is 2. The van der Waals surface area contributed by atoms with Crippen LogP contribution in [0.25, 0.3) is 0 Å². The van der Waals surface area contributed by atoms with Crippen LogP contribution >= 0.6 is 0 Å². The highest BCUT2D eigenvalue weighted by Gasteiger charge is 2.72. The first-order valence-electron chi connectivity index (χ1n) is 14.4. The highest BCUT2D eigenvalue weighted by molar-refractivity contribution is 5.87. The Bertz CT molecular complexity index is 1550. The van der Waals surface area contributed by atoms with Gasteiger partial charge in [0.25, 0.3) is 0 Å². The van der Waals surface area contributed by atoms with E-state index in [0.29, 0.717) is 30.9 Å². The molecule has 2 aromatic rings. The lowest BCUT2D eigenvalue weighted by Gasteiger charge is -2.61. The van der Waals surface area contributed by atoms with Crippen molar-refractivity contribution in [3.8, 4) is 11.5 Å². The summed E-state index contributed by atoms with van der Waals surface area (Å²) in [5, 5.41) is 22.0. The Labute approximate surface area is 253 Å². The molecule has 12 heteroatoms. The molecule has 2 bridgehead atoms. The first kappa shape index (κ1) is 29.6. The summed E-state index contributed by atoms with van der Waals surface area (Å²) in [7, 11) is 3.52. The first-order chi connectivity index (χ1) is 21.0. The van der Waals surface area contributed by atoms with Crippen molar-refractivity contribution in [3.05, 3.63) is 71.0 Å². The zero-order valence-electron chi connectivity index (χ0n) is 24.5. The van der Waals surface area contributed by atoms with Gasteiger partial charge in [0, 0.05) is 30.5 Å². The molecule has 4 aliphatic rings. The number of hydrogen-bond acceptors (Lipinski definition) is 11. The smallest absolute Gasteiger partial charge is 0.349 e. The third-order valence-electron chi connectivity index (χ3n) is 9.27. The minimum atomic E-state index is -1.76. The number of likely N-dealkylation sites (N-methyl/N-ethyl adjacent to an activating group) is 1. The van der Waals surface area contributed by atoms with Gasteiger partial charge < -0.3 is 38.8 Å². The molecule has 44 heavy (non-hydrogen) atoms. The molecule has 6 atom stereocenters. The van der Waals surface area contributed by atoms with Crippen molar-refractivity contribution in [1.29, 1.82) is 0 Å². The Hall–Kier alpha value is -4.42. The SMILES string of the molecule is COc1ccc2c3c1O[C@H]1C(OC(=O)C[C@H](OC(C)=O)C(=O)O[C@H](C(=O)O)c4ccccc4)=CC[C@@]4(O)[C@@H](C2)N(C)CC[C@]314. The maximum Gasteiger partial charge on any atom is 0.349 e. The number of carboxylic acids is 1. The maximum absolute atomic E-state index is 13.3. The summed E-state index contributed by atoms with van der Waals surface area (Å²) in [6.07, 6.45) is -2.09. The summed E-state index contributed by atoms with van der Waals surface area (Å²) in [5.74, 6) is -3.30. The zero-order chi connectivity index (χ0) is 31.4. The van der Waals surface area contributed by atoms with Crippen molar-refractivity contribution in [2.24, 2.45) is 0 Å². The van der Waals surface area contributed by atoms with Crippen molar-refractivity contribution in [2.45, 2.75) is 68.0 Å². The van der Waals surface area contributed by atoms with Gasteiger partial charge in [0.1, 0.15) is 5.76 Å². The number of carbonyl (C=O) groups is 4. The van der Waals surface area contributed by atoms with E-state index >= 15 is 0 Å². The van der Waals surface area contributed by atoms with E-state index in [2.05, 4.69) is 4.90 Å². The van der Waals surface area contributed by atoms with Gasteiger partial charge in [0.2, 0.25) is 12.2 Å². The number of nitrogens with zero attached hydrogens (tertiary/aromatic N) is 1. The number of rotatable bonds is 9. The third kappa shape index (κ3) is 4.51. The number of aliphatic carboxylic acids is 1. The van der Waals surface area contributed by atoms with E-state index in [0.717, 1.165) is 18.1 Å². The summed E-state index contributed by atoms with van der Waals surface area (Å²) in [6, 6.07) is 11.4. The molecule has 1 saturated heterocycles. The molecule has 1 fully saturated rings. The highest BCUT2D eigenvalue weighted by Crippen LogP contribution is 2.65. The van der Waals surface area contributed by atoms with Crippen LogP contribution < -0.4 is 9.47 Å². The van der Waals surface area contributed by atoms with E-state index in [1.807, 2.05) is 19.2 Å². The number of methoxy groups -OCH3 is 1. The number of carboxylic acid groups (broad SMARTS) is 1. The third-order valence-corrected chi connectivity index (χ3v) is 9.27. The molecule has 232 valence electrons. The average molecular weight is 608 g/mol. The monoisotopic (exact) mass is 607 g/mol. The molecule has 1 spiro atoms. The Morgan fingerprint density at radius 2 is 1.86 bits per heavy atom. The Balaban J connectivity index is 1.26. The quantitative estimate of drug-likeness (QED) is 0.317. The number of esters is 3. The molecule has 0 saturated carbocycles. The number of likely N-dealkylation sites (tertiary alicyclic amines) is 1. The van der Waals surface area contributed by atoms with Crippen LogP contribution in [0.2, 0.25) is 0 Å². The molecule has 2 heterocycles. The van der Waals surface area contributed by atoms with Crippen molar-refractivity contribution < 1.29 is 53.1 Å². The van der Waals surface area contributed by atoms with Gasteiger partial charge in [-0.3, -0.25) is 9.59 Å². The van der Waals surface area contributed by atoms with Crippen molar-refractivity contribution >= 4 is 23.9 Å². The second kappa shape index (κ2) is 10.9. The maximum atomic E-state index is 13.3. The molecule has 0 aromatic heterocycles. The molecule has 0 unspecified atom stereocenters. The van der Waals surface area contributed by atoms with E-state index in [1.165, 1.54) is 19.2 Å². The molecule has 0 amide bonds. The standard InChI is InChI=1S/C32H33NO11/c1-17(34)41-22(30(38)44-26(29(36)37)18-7-5-4-6-8-18)16-24(35)42-21-11-12-32(39)23-15-19-9-10-20(40-3)27-25(19)31(32,28(21)43-27)13-14-33(23)2/h4-11,22-23,26,28,39H,12-16H2,1-3H3,(H,36,37)/t22-,23+,26-,28-,31-,32+/m0/s1. The fourth-order valence-corrected chi connectivity index (χ4v) is 7.37. The minimum absolute atomic E-state index is 0.164. The fraction of sp³-hybridized carbons (Fsp3) is 0.438. The largest absolute Gasteiger partial charge is 0.493 e. The highest BCUT2D eigenvalue weighted by atomic mass is 16.6. The molecular formula is C32H33NO11. The summed E-state index contributed by atoms with van der Waals surface area (Å²) in [6.45, 7) is 1.73. The predicted molar refractivity (Wildman–Crippen MR) is 151 cm³/mol. The molecule has 2 aliphatic carbocycles. The lowest BCUT2D eigenvalue weighted by atomic mass is 9.50. The Kier molecular flexibility index (Phi) is 7.37. The normalized spacial score (nSPS) is 27.5. The van der Waals surface area contributed by atoms with Crippen molar-refractivity contribution in [2.75, 3.05) is 20.7 Å². The number of carbonyl (C=O) groups excluding carboxylic acids is 3. The van der Waals surface area contributed by atoms with Crippen LogP contribution in [0.3, 0.4) is 0 Å². The van der Waals surface area contributed by atoms with E-state index in [-0.39, 0.29) is 23.8 Å². The lowest BCUT2D eigenvalue weighted by molar-refractivity contribution is -0.180. The van der Waals surface area contributed by atoms with Gasteiger partial charge in [0.15, 0.2) is 17.6 Å². The summed E-state index contributed by atoms with van der Waals surface area (Å²) in [4.78, 5) is 52.2. The van der Waals surface area contributed by atoms with Gasteiger partial charge in [-0.25, -0.2) is 9.59 Å². The van der Waals surface area contributed by atoms with Gasteiger partial charge in [0.05, 0.1) is 24.5 Å². The summed E-state index contributed by atoms with van der Waals surface area (Å²) >= 11 is 0. The van der Waals surface area contributed by atoms with Crippen LogP contribution in [0.4, 0.5) is 0 Å².